The second-order valence-corrected chi connectivity index (χ2v) is 11.0. The molecule has 2 aliphatic rings. The van der Waals surface area contributed by atoms with Gasteiger partial charge in [-0.05, 0) is 18.1 Å². The zero-order valence-corrected chi connectivity index (χ0v) is 12.7. The lowest BCUT2D eigenvalue weighted by Crippen LogP contribution is -2.41. The highest BCUT2D eigenvalue weighted by atomic mass is 28.4. The van der Waals surface area contributed by atoms with Crippen molar-refractivity contribution in [3.8, 4) is 0 Å². The zero-order valence-electron chi connectivity index (χ0n) is 11.7. The summed E-state index contributed by atoms with van der Waals surface area (Å²) in [5.74, 6) is 0. The zero-order chi connectivity index (χ0) is 13.1. The van der Waals surface area contributed by atoms with Gasteiger partial charge in [-0.15, -0.1) is 0 Å². The summed E-state index contributed by atoms with van der Waals surface area (Å²) < 4.78 is 15.7. The fraction of sp³-hybridized carbons (Fsp3) is 1.00. The number of aliphatic hydroxyl groups is 1. The lowest BCUT2D eigenvalue weighted by atomic mass is 10.2. The molecular formula is C12H26O4Si. The average molecular weight is 262 g/mol. The third-order valence-corrected chi connectivity index (χ3v) is 7.95. The molecule has 0 amide bonds. The number of aliphatic hydroxyl groups excluding tert-OH is 1. The first kappa shape index (κ1) is 15.1. The van der Waals surface area contributed by atoms with Gasteiger partial charge in [0.15, 0.2) is 8.32 Å². The molecule has 0 saturated carbocycles. The molecule has 2 heterocycles. The van der Waals surface area contributed by atoms with E-state index < -0.39 is 8.32 Å². The van der Waals surface area contributed by atoms with Gasteiger partial charge >= 0.3 is 0 Å². The minimum atomic E-state index is -1.51. The summed E-state index contributed by atoms with van der Waals surface area (Å²) in [6, 6.07) is 0. The first-order valence-corrected chi connectivity index (χ1v) is 9.15. The van der Waals surface area contributed by atoms with Crippen LogP contribution in [0.1, 0.15) is 20.8 Å². The van der Waals surface area contributed by atoms with Crippen LogP contribution in [-0.4, -0.2) is 52.1 Å². The highest BCUT2D eigenvalue weighted by Gasteiger charge is 2.38. The van der Waals surface area contributed by atoms with Gasteiger partial charge < -0.3 is 19.0 Å². The maximum absolute atomic E-state index is 8.08. The van der Waals surface area contributed by atoms with Crippen LogP contribution in [0.2, 0.25) is 18.1 Å². The van der Waals surface area contributed by atoms with E-state index in [0.717, 1.165) is 19.8 Å². The fourth-order valence-electron chi connectivity index (χ4n) is 0.856. The van der Waals surface area contributed by atoms with Crippen LogP contribution in [0.15, 0.2) is 0 Å². The molecule has 5 heteroatoms. The van der Waals surface area contributed by atoms with E-state index in [1.54, 1.807) is 0 Å². The largest absolute Gasteiger partial charge is 0.414 e. The molecule has 0 aromatic carbocycles. The van der Waals surface area contributed by atoms with Gasteiger partial charge in [0.05, 0.1) is 26.4 Å². The molecule has 0 unspecified atom stereocenters. The van der Waals surface area contributed by atoms with Crippen molar-refractivity contribution in [1.82, 2.24) is 0 Å². The summed E-state index contributed by atoms with van der Waals surface area (Å²) in [5, 5.41) is 8.40. The molecule has 2 saturated heterocycles. The molecular weight excluding hydrogens is 236 g/mol. The maximum Gasteiger partial charge on any atom is 0.192 e. The quantitative estimate of drug-likeness (QED) is 0.620. The number of hydrogen-bond donors (Lipinski definition) is 1. The van der Waals surface area contributed by atoms with Crippen molar-refractivity contribution in [2.75, 3.05) is 26.4 Å². The normalized spacial score (nSPS) is 27.2. The molecule has 102 valence electrons. The van der Waals surface area contributed by atoms with Crippen LogP contribution in [0.5, 0.6) is 0 Å². The van der Waals surface area contributed by atoms with Crippen LogP contribution in [0.3, 0.4) is 0 Å². The van der Waals surface area contributed by atoms with Gasteiger partial charge in [-0.25, -0.2) is 0 Å². The lowest BCUT2D eigenvalue weighted by molar-refractivity contribution is 0.243. The Balaban J connectivity index is 0.000000239. The summed E-state index contributed by atoms with van der Waals surface area (Å²) in [7, 11) is -1.51. The Morgan fingerprint density at radius 1 is 1.18 bits per heavy atom. The Morgan fingerprint density at radius 2 is 1.65 bits per heavy atom. The van der Waals surface area contributed by atoms with Gasteiger partial charge in [-0.2, -0.15) is 0 Å². The van der Waals surface area contributed by atoms with Gasteiger partial charge in [0, 0.05) is 0 Å². The second-order valence-electron chi connectivity index (χ2n) is 6.16. The van der Waals surface area contributed by atoms with E-state index in [-0.39, 0.29) is 12.7 Å². The topological polar surface area (TPSA) is 54.5 Å². The standard InChI is InChI=1S/C9H20O2Si.C3H6O2/c1-9(2,3)12(4,5)11-7-8-6-10-8;4-1-3-2-5-3/h8H,6-7H2,1-5H3;3-4H,1-2H2/t8-;3-/m10/s1. The lowest BCUT2D eigenvalue weighted by Gasteiger charge is -2.35. The van der Waals surface area contributed by atoms with Crippen LogP contribution in [0, 0.1) is 0 Å². The minimum absolute atomic E-state index is 0.190. The van der Waals surface area contributed by atoms with Crippen LogP contribution in [0.25, 0.3) is 0 Å². The van der Waals surface area contributed by atoms with Gasteiger partial charge in [-0.1, -0.05) is 20.8 Å². The third kappa shape index (κ3) is 5.97. The third-order valence-electron chi connectivity index (χ3n) is 3.44. The molecule has 2 atom stereocenters. The van der Waals surface area contributed by atoms with Gasteiger partial charge in [-0.3, -0.25) is 0 Å². The van der Waals surface area contributed by atoms with E-state index in [4.69, 9.17) is 14.3 Å². The molecule has 0 aromatic heterocycles. The van der Waals surface area contributed by atoms with Crippen molar-refractivity contribution in [1.29, 1.82) is 0 Å². The predicted octanol–water partition coefficient (Wildman–Crippen LogP) is 1.78. The smallest absolute Gasteiger partial charge is 0.192 e. The number of rotatable bonds is 4. The van der Waals surface area contributed by atoms with Crippen LogP contribution < -0.4 is 0 Å². The Bertz CT molecular complexity index is 229. The van der Waals surface area contributed by atoms with Crippen molar-refractivity contribution in [2.24, 2.45) is 0 Å². The first-order chi connectivity index (χ1) is 7.76. The fourth-order valence-corrected chi connectivity index (χ4v) is 1.89. The summed E-state index contributed by atoms with van der Waals surface area (Å²) >= 11 is 0. The van der Waals surface area contributed by atoms with E-state index in [1.165, 1.54) is 0 Å². The summed E-state index contributed by atoms with van der Waals surface area (Å²) in [6.07, 6.45) is 0.592. The molecule has 0 aromatic rings. The molecule has 2 aliphatic heterocycles. The van der Waals surface area contributed by atoms with Crippen LogP contribution >= 0.6 is 0 Å². The van der Waals surface area contributed by atoms with Crippen molar-refractivity contribution >= 4 is 8.32 Å². The van der Waals surface area contributed by atoms with Gasteiger partial charge in [0.2, 0.25) is 0 Å². The predicted molar refractivity (Wildman–Crippen MR) is 69.7 cm³/mol. The molecule has 17 heavy (non-hydrogen) atoms. The van der Waals surface area contributed by atoms with Crippen molar-refractivity contribution < 1.29 is 19.0 Å². The van der Waals surface area contributed by atoms with E-state index in [0.29, 0.717) is 11.1 Å². The number of ether oxygens (including phenoxy) is 2. The summed E-state index contributed by atoms with van der Waals surface area (Å²) in [4.78, 5) is 0. The van der Waals surface area contributed by atoms with Crippen molar-refractivity contribution in [3.05, 3.63) is 0 Å². The van der Waals surface area contributed by atoms with Gasteiger partial charge in [0.1, 0.15) is 12.2 Å². The Hall–Kier alpha value is 0.0569. The highest BCUT2D eigenvalue weighted by molar-refractivity contribution is 6.74. The maximum atomic E-state index is 8.08. The minimum Gasteiger partial charge on any atom is -0.414 e. The molecule has 0 aliphatic carbocycles. The first-order valence-electron chi connectivity index (χ1n) is 6.24. The highest BCUT2D eigenvalue weighted by Crippen LogP contribution is 2.36. The van der Waals surface area contributed by atoms with E-state index in [1.807, 2.05) is 0 Å². The molecule has 2 rings (SSSR count). The molecule has 2 fully saturated rings. The van der Waals surface area contributed by atoms with E-state index >= 15 is 0 Å². The van der Waals surface area contributed by atoms with E-state index in [2.05, 4.69) is 38.6 Å². The Kier molecular flexibility index (Phi) is 5.16. The Morgan fingerprint density at radius 3 is 1.88 bits per heavy atom. The second kappa shape index (κ2) is 5.80. The number of hydrogen-bond acceptors (Lipinski definition) is 4. The van der Waals surface area contributed by atoms with E-state index in [9.17, 15) is 0 Å². The monoisotopic (exact) mass is 262 g/mol. The van der Waals surface area contributed by atoms with Gasteiger partial charge in [0.25, 0.3) is 0 Å². The molecule has 1 N–H and O–H groups in total. The molecule has 4 nitrogen and oxygen atoms in total. The molecule has 0 spiro atoms. The van der Waals surface area contributed by atoms with Crippen LogP contribution in [0.4, 0.5) is 0 Å². The van der Waals surface area contributed by atoms with Crippen molar-refractivity contribution in [3.63, 3.8) is 0 Å². The number of epoxide rings is 2. The van der Waals surface area contributed by atoms with Crippen molar-refractivity contribution in [2.45, 2.75) is 51.1 Å². The average Bonchev–Trinajstić information content (AvgIpc) is 3.07. The SMILES string of the molecule is CC(C)(C)[Si](C)(C)OC[C@H]1CO1.OC[C@H]1CO1. The summed E-state index contributed by atoms with van der Waals surface area (Å²) in [6.45, 7) is 14.0. The van der Waals surface area contributed by atoms with Crippen LogP contribution in [-0.2, 0) is 13.9 Å². The summed E-state index contributed by atoms with van der Waals surface area (Å²) in [5.41, 5.74) is 0. The molecule has 0 radical (unpaired) electrons. The molecule has 0 bridgehead atoms. The Labute approximate surface area is 105 Å².